The molecule has 1 amide bonds. The van der Waals surface area contributed by atoms with Crippen LogP contribution in [-0.4, -0.2) is 37.1 Å². The Morgan fingerprint density at radius 3 is 2.35 bits per heavy atom. The molecule has 3 nitrogen and oxygen atoms in total. The van der Waals surface area contributed by atoms with Crippen molar-refractivity contribution in [1.82, 2.24) is 4.90 Å². The van der Waals surface area contributed by atoms with Gasteiger partial charge in [-0.15, -0.1) is 0 Å². The Hall–Kier alpha value is -0.570. The van der Waals surface area contributed by atoms with Crippen LogP contribution in [0.25, 0.3) is 0 Å². The molecule has 1 aliphatic heterocycles. The van der Waals surface area contributed by atoms with Crippen LogP contribution in [0.2, 0.25) is 0 Å². The standard InChI is InChI=1S/C14H27NO2/c1-2-3-4-5-6-7-8-9-10-15-11-12-17-13-14(15)16/h2-13H2,1H3. The van der Waals surface area contributed by atoms with E-state index in [9.17, 15) is 4.79 Å². The molecule has 0 N–H and O–H groups in total. The van der Waals surface area contributed by atoms with Crippen LogP contribution in [0.5, 0.6) is 0 Å². The van der Waals surface area contributed by atoms with Crippen LogP contribution in [0.4, 0.5) is 0 Å². The third-order valence-electron chi connectivity index (χ3n) is 3.37. The lowest BCUT2D eigenvalue weighted by Crippen LogP contribution is -2.41. The van der Waals surface area contributed by atoms with Gasteiger partial charge >= 0.3 is 0 Å². The maximum Gasteiger partial charge on any atom is 0.248 e. The minimum atomic E-state index is 0.166. The summed E-state index contributed by atoms with van der Waals surface area (Å²) in [5.74, 6) is 0.166. The number of amides is 1. The molecular weight excluding hydrogens is 214 g/mol. The summed E-state index contributed by atoms with van der Waals surface area (Å²) < 4.78 is 5.10. The van der Waals surface area contributed by atoms with E-state index in [1.165, 1.54) is 44.9 Å². The average molecular weight is 241 g/mol. The number of carbonyl (C=O) groups is 1. The van der Waals surface area contributed by atoms with Crippen LogP contribution < -0.4 is 0 Å². The zero-order valence-electron chi connectivity index (χ0n) is 11.2. The van der Waals surface area contributed by atoms with Crippen LogP contribution >= 0.6 is 0 Å². The summed E-state index contributed by atoms with van der Waals surface area (Å²) >= 11 is 0. The molecule has 17 heavy (non-hydrogen) atoms. The molecule has 1 aliphatic rings. The number of rotatable bonds is 9. The van der Waals surface area contributed by atoms with E-state index in [1.54, 1.807) is 0 Å². The maximum absolute atomic E-state index is 11.4. The van der Waals surface area contributed by atoms with Crippen LogP contribution in [-0.2, 0) is 9.53 Å². The van der Waals surface area contributed by atoms with E-state index in [0.717, 1.165) is 19.5 Å². The molecule has 0 spiro atoms. The van der Waals surface area contributed by atoms with E-state index in [2.05, 4.69) is 6.92 Å². The van der Waals surface area contributed by atoms with Crippen molar-refractivity contribution in [2.45, 2.75) is 58.3 Å². The van der Waals surface area contributed by atoms with E-state index in [4.69, 9.17) is 4.74 Å². The second-order valence-electron chi connectivity index (χ2n) is 4.91. The lowest BCUT2D eigenvalue weighted by molar-refractivity contribution is -0.142. The predicted molar refractivity (Wildman–Crippen MR) is 70.0 cm³/mol. The van der Waals surface area contributed by atoms with Gasteiger partial charge in [-0.1, -0.05) is 51.9 Å². The summed E-state index contributed by atoms with van der Waals surface area (Å²) in [7, 11) is 0. The fourth-order valence-corrected chi connectivity index (χ4v) is 2.22. The van der Waals surface area contributed by atoms with Gasteiger partial charge < -0.3 is 9.64 Å². The zero-order valence-corrected chi connectivity index (χ0v) is 11.2. The Kier molecular flexibility index (Phi) is 8.06. The highest BCUT2D eigenvalue weighted by Gasteiger charge is 2.17. The van der Waals surface area contributed by atoms with Gasteiger partial charge in [0, 0.05) is 13.1 Å². The number of ether oxygens (including phenoxy) is 1. The number of nitrogens with zero attached hydrogens (tertiary/aromatic N) is 1. The second-order valence-corrected chi connectivity index (χ2v) is 4.91. The first-order chi connectivity index (χ1) is 8.34. The highest BCUT2D eigenvalue weighted by atomic mass is 16.5. The van der Waals surface area contributed by atoms with Gasteiger partial charge in [-0.05, 0) is 6.42 Å². The molecule has 1 saturated heterocycles. The van der Waals surface area contributed by atoms with Crippen molar-refractivity contribution in [3.05, 3.63) is 0 Å². The molecule has 0 bridgehead atoms. The van der Waals surface area contributed by atoms with Crippen molar-refractivity contribution in [3.63, 3.8) is 0 Å². The molecule has 0 saturated carbocycles. The summed E-state index contributed by atoms with van der Waals surface area (Å²) in [6.45, 7) is 4.96. The molecule has 1 fully saturated rings. The highest BCUT2D eigenvalue weighted by molar-refractivity contribution is 5.77. The molecular formula is C14H27NO2. The Bertz CT molecular complexity index is 206. The summed E-state index contributed by atoms with van der Waals surface area (Å²) in [5, 5.41) is 0. The smallest absolute Gasteiger partial charge is 0.248 e. The van der Waals surface area contributed by atoms with Crippen molar-refractivity contribution in [2.24, 2.45) is 0 Å². The Balaban J connectivity index is 1.88. The van der Waals surface area contributed by atoms with Crippen LogP contribution in [0.1, 0.15) is 58.3 Å². The molecule has 0 aromatic carbocycles. The van der Waals surface area contributed by atoms with Gasteiger partial charge in [-0.25, -0.2) is 0 Å². The number of carbonyl (C=O) groups excluding carboxylic acids is 1. The van der Waals surface area contributed by atoms with E-state index >= 15 is 0 Å². The normalized spacial score (nSPS) is 16.5. The SMILES string of the molecule is CCCCCCCCCCN1CCOCC1=O. The molecule has 0 aromatic heterocycles. The Morgan fingerprint density at radius 2 is 1.71 bits per heavy atom. The summed E-state index contributed by atoms with van der Waals surface area (Å²) in [6, 6.07) is 0. The molecule has 0 radical (unpaired) electrons. The largest absolute Gasteiger partial charge is 0.370 e. The monoisotopic (exact) mass is 241 g/mol. The molecule has 1 rings (SSSR count). The topological polar surface area (TPSA) is 29.5 Å². The molecule has 0 unspecified atom stereocenters. The number of hydrogen-bond acceptors (Lipinski definition) is 2. The molecule has 0 atom stereocenters. The molecule has 1 heterocycles. The van der Waals surface area contributed by atoms with Crippen molar-refractivity contribution >= 4 is 5.91 Å². The van der Waals surface area contributed by atoms with Crippen LogP contribution in [0.15, 0.2) is 0 Å². The van der Waals surface area contributed by atoms with Gasteiger partial charge in [0.25, 0.3) is 0 Å². The summed E-state index contributed by atoms with van der Waals surface area (Å²) in [6.07, 6.45) is 10.6. The number of morpholine rings is 1. The first-order valence-electron chi connectivity index (χ1n) is 7.20. The molecule has 0 aromatic rings. The Morgan fingerprint density at radius 1 is 1.06 bits per heavy atom. The van der Waals surface area contributed by atoms with Crippen molar-refractivity contribution in [2.75, 3.05) is 26.3 Å². The van der Waals surface area contributed by atoms with Crippen molar-refractivity contribution < 1.29 is 9.53 Å². The zero-order chi connectivity index (χ0) is 12.3. The third kappa shape index (κ3) is 6.67. The minimum Gasteiger partial charge on any atom is -0.370 e. The Labute approximate surface area is 106 Å². The van der Waals surface area contributed by atoms with E-state index in [1.807, 2.05) is 4.90 Å². The van der Waals surface area contributed by atoms with E-state index in [0.29, 0.717) is 6.61 Å². The van der Waals surface area contributed by atoms with Crippen LogP contribution in [0, 0.1) is 0 Å². The van der Waals surface area contributed by atoms with Gasteiger partial charge in [-0.2, -0.15) is 0 Å². The molecule has 100 valence electrons. The van der Waals surface area contributed by atoms with Gasteiger partial charge in [-0.3, -0.25) is 4.79 Å². The lowest BCUT2D eigenvalue weighted by Gasteiger charge is -2.26. The highest BCUT2D eigenvalue weighted by Crippen LogP contribution is 2.09. The first-order valence-corrected chi connectivity index (χ1v) is 7.20. The van der Waals surface area contributed by atoms with E-state index < -0.39 is 0 Å². The van der Waals surface area contributed by atoms with Gasteiger partial charge in [0.15, 0.2) is 0 Å². The fourth-order valence-electron chi connectivity index (χ4n) is 2.22. The van der Waals surface area contributed by atoms with Crippen LogP contribution in [0.3, 0.4) is 0 Å². The summed E-state index contributed by atoms with van der Waals surface area (Å²) in [5.41, 5.74) is 0. The maximum atomic E-state index is 11.4. The van der Waals surface area contributed by atoms with Gasteiger partial charge in [0.1, 0.15) is 6.61 Å². The average Bonchev–Trinajstić information content (AvgIpc) is 2.35. The van der Waals surface area contributed by atoms with Gasteiger partial charge in [0.05, 0.1) is 6.61 Å². The fraction of sp³-hybridized carbons (Fsp3) is 0.929. The summed E-state index contributed by atoms with van der Waals surface area (Å²) in [4.78, 5) is 13.4. The quantitative estimate of drug-likeness (QED) is 0.581. The number of hydrogen-bond donors (Lipinski definition) is 0. The van der Waals surface area contributed by atoms with E-state index in [-0.39, 0.29) is 12.5 Å². The minimum absolute atomic E-state index is 0.166. The lowest BCUT2D eigenvalue weighted by atomic mass is 10.1. The van der Waals surface area contributed by atoms with Crippen molar-refractivity contribution in [3.8, 4) is 0 Å². The predicted octanol–water partition coefficient (Wildman–Crippen LogP) is 2.99. The molecule has 3 heteroatoms. The van der Waals surface area contributed by atoms with Gasteiger partial charge in [0.2, 0.25) is 5.91 Å². The third-order valence-corrected chi connectivity index (χ3v) is 3.37. The first kappa shape index (κ1) is 14.5. The second kappa shape index (κ2) is 9.46. The molecule has 0 aliphatic carbocycles. The van der Waals surface area contributed by atoms with Crippen molar-refractivity contribution in [1.29, 1.82) is 0 Å². The number of unbranched alkanes of at least 4 members (excludes halogenated alkanes) is 7.